The minimum atomic E-state index is -0.383. The topological polar surface area (TPSA) is 47.6 Å². The number of cyclic esters (lactones) is 1. The van der Waals surface area contributed by atoms with Gasteiger partial charge < -0.3 is 14.8 Å². The lowest BCUT2D eigenvalue weighted by Gasteiger charge is -2.15. The van der Waals surface area contributed by atoms with E-state index in [1.807, 2.05) is 44.2 Å². The Morgan fingerprint density at radius 1 is 1.29 bits per heavy atom. The maximum atomic E-state index is 11.1. The van der Waals surface area contributed by atoms with Gasteiger partial charge in [-0.05, 0) is 5.56 Å². The van der Waals surface area contributed by atoms with E-state index in [9.17, 15) is 4.79 Å². The van der Waals surface area contributed by atoms with E-state index in [1.165, 1.54) is 0 Å². The minimum Gasteiger partial charge on any atom is -0.441 e. The second kappa shape index (κ2) is 6.91. The van der Waals surface area contributed by atoms with Gasteiger partial charge in [-0.25, -0.2) is 4.79 Å². The van der Waals surface area contributed by atoms with Gasteiger partial charge in [0.2, 0.25) is 0 Å². The summed E-state index contributed by atoms with van der Waals surface area (Å²) in [6.45, 7) is 4.40. The molecule has 1 aliphatic heterocycles. The number of carbonyl (C=O) groups excluding carboxylic acids is 1. The molecule has 1 saturated heterocycles. The van der Waals surface area contributed by atoms with Crippen LogP contribution in [0, 0.1) is 0 Å². The van der Waals surface area contributed by atoms with Crippen LogP contribution in [0.4, 0.5) is 4.79 Å². The van der Waals surface area contributed by atoms with Gasteiger partial charge in [0.05, 0.1) is 12.6 Å². The van der Waals surface area contributed by atoms with Gasteiger partial charge in [0.1, 0.15) is 0 Å². The third-order valence-corrected chi connectivity index (χ3v) is 2.39. The largest absolute Gasteiger partial charge is 0.441 e. The lowest BCUT2D eigenvalue weighted by Crippen LogP contribution is -2.25. The van der Waals surface area contributed by atoms with E-state index in [0.717, 1.165) is 5.56 Å². The molecular formula is C13H19NO3. The fourth-order valence-electron chi connectivity index (χ4n) is 1.71. The quantitative estimate of drug-likeness (QED) is 0.878. The lowest BCUT2D eigenvalue weighted by molar-refractivity contribution is 0.0590. The molecular weight excluding hydrogens is 218 g/mol. The Kier molecular flexibility index (Phi) is 5.49. The molecule has 0 aromatic heterocycles. The summed E-state index contributed by atoms with van der Waals surface area (Å²) in [6, 6.07) is 9.61. The SMILES string of the molecule is CC.COCC1OC(=O)NC1c1ccccc1. The number of hydrogen-bond acceptors (Lipinski definition) is 3. The zero-order chi connectivity index (χ0) is 12.7. The molecule has 2 rings (SSSR count). The summed E-state index contributed by atoms with van der Waals surface area (Å²) in [5.41, 5.74) is 1.03. The van der Waals surface area contributed by atoms with Crippen molar-refractivity contribution in [1.82, 2.24) is 5.32 Å². The molecule has 0 aliphatic carbocycles. The van der Waals surface area contributed by atoms with Crippen molar-refractivity contribution in [3.05, 3.63) is 35.9 Å². The number of rotatable bonds is 3. The van der Waals surface area contributed by atoms with Crippen LogP contribution in [0.2, 0.25) is 0 Å². The second-order valence-electron chi connectivity index (χ2n) is 3.43. The minimum absolute atomic E-state index is 0.112. The molecule has 1 aromatic rings. The molecule has 17 heavy (non-hydrogen) atoms. The van der Waals surface area contributed by atoms with Crippen molar-refractivity contribution in [2.45, 2.75) is 26.0 Å². The fraction of sp³-hybridized carbons (Fsp3) is 0.462. The molecule has 1 heterocycles. The van der Waals surface area contributed by atoms with Crippen molar-refractivity contribution >= 4 is 6.09 Å². The van der Waals surface area contributed by atoms with Crippen LogP contribution in [0.3, 0.4) is 0 Å². The van der Waals surface area contributed by atoms with E-state index < -0.39 is 0 Å². The van der Waals surface area contributed by atoms with Crippen LogP contribution in [-0.2, 0) is 9.47 Å². The average Bonchev–Trinajstić information content (AvgIpc) is 2.75. The van der Waals surface area contributed by atoms with Gasteiger partial charge in [0, 0.05) is 7.11 Å². The van der Waals surface area contributed by atoms with Crippen LogP contribution in [0.15, 0.2) is 30.3 Å². The maximum Gasteiger partial charge on any atom is 0.408 e. The summed E-state index contributed by atoms with van der Waals surface area (Å²) >= 11 is 0. The van der Waals surface area contributed by atoms with Crippen molar-refractivity contribution in [1.29, 1.82) is 0 Å². The smallest absolute Gasteiger partial charge is 0.408 e. The molecule has 1 aromatic carbocycles. The van der Waals surface area contributed by atoms with E-state index in [4.69, 9.17) is 9.47 Å². The average molecular weight is 237 g/mol. The van der Waals surface area contributed by atoms with Gasteiger partial charge in [0.15, 0.2) is 6.10 Å². The van der Waals surface area contributed by atoms with E-state index >= 15 is 0 Å². The van der Waals surface area contributed by atoms with Crippen LogP contribution in [-0.4, -0.2) is 25.9 Å². The van der Waals surface area contributed by atoms with Gasteiger partial charge in [0.25, 0.3) is 0 Å². The summed E-state index contributed by atoms with van der Waals surface area (Å²) in [5, 5.41) is 2.76. The van der Waals surface area contributed by atoms with Gasteiger partial charge in [-0.1, -0.05) is 44.2 Å². The number of ether oxygens (including phenoxy) is 2. The Labute approximate surface area is 102 Å². The summed E-state index contributed by atoms with van der Waals surface area (Å²) in [4.78, 5) is 11.1. The first-order valence-electron chi connectivity index (χ1n) is 5.82. The summed E-state index contributed by atoms with van der Waals surface area (Å²) < 4.78 is 10.1. The van der Waals surface area contributed by atoms with Crippen LogP contribution in [0.1, 0.15) is 25.5 Å². The highest BCUT2D eigenvalue weighted by Gasteiger charge is 2.34. The molecule has 4 heteroatoms. The van der Waals surface area contributed by atoms with E-state index in [2.05, 4.69) is 5.32 Å². The van der Waals surface area contributed by atoms with Gasteiger partial charge >= 0.3 is 6.09 Å². The highest BCUT2D eigenvalue weighted by molar-refractivity contribution is 5.70. The monoisotopic (exact) mass is 237 g/mol. The second-order valence-corrected chi connectivity index (χ2v) is 3.43. The molecule has 0 bridgehead atoms. The molecule has 2 atom stereocenters. The summed E-state index contributed by atoms with van der Waals surface area (Å²) in [7, 11) is 1.59. The number of carbonyl (C=O) groups is 1. The molecule has 1 N–H and O–H groups in total. The standard InChI is InChI=1S/C11H13NO3.C2H6/c1-14-7-9-10(12-11(13)15-9)8-5-3-2-4-6-8;1-2/h2-6,9-10H,7H2,1H3,(H,12,13);1-2H3. The maximum absolute atomic E-state index is 11.1. The van der Waals surface area contributed by atoms with Crippen molar-refractivity contribution in [2.75, 3.05) is 13.7 Å². The van der Waals surface area contributed by atoms with Crippen molar-refractivity contribution in [3.8, 4) is 0 Å². The number of amides is 1. The summed E-state index contributed by atoms with van der Waals surface area (Å²) in [6.07, 6.45) is -0.629. The molecule has 0 spiro atoms. The van der Waals surface area contributed by atoms with Crippen LogP contribution < -0.4 is 5.32 Å². The van der Waals surface area contributed by atoms with Crippen molar-refractivity contribution in [2.24, 2.45) is 0 Å². The first-order chi connectivity index (χ1) is 8.31. The molecule has 1 amide bonds. The fourth-order valence-corrected chi connectivity index (χ4v) is 1.71. The Morgan fingerprint density at radius 3 is 2.53 bits per heavy atom. The van der Waals surface area contributed by atoms with E-state index in [0.29, 0.717) is 6.61 Å². The molecule has 0 saturated carbocycles. The van der Waals surface area contributed by atoms with Crippen molar-refractivity contribution in [3.63, 3.8) is 0 Å². The summed E-state index contributed by atoms with van der Waals surface area (Å²) in [5.74, 6) is 0. The normalized spacial score (nSPS) is 22.2. The first-order valence-corrected chi connectivity index (χ1v) is 5.82. The van der Waals surface area contributed by atoms with E-state index in [1.54, 1.807) is 7.11 Å². The van der Waals surface area contributed by atoms with Crippen LogP contribution in [0.25, 0.3) is 0 Å². The highest BCUT2D eigenvalue weighted by Crippen LogP contribution is 2.24. The van der Waals surface area contributed by atoms with Gasteiger partial charge in [-0.3, -0.25) is 0 Å². The zero-order valence-corrected chi connectivity index (χ0v) is 10.5. The number of nitrogens with one attached hydrogen (secondary N) is 1. The number of methoxy groups -OCH3 is 1. The number of hydrogen-bond donors (Lipinski definition) is 1. The highest BCUT2D eigenvalue weighted by atomic mass is 16.6. The Hall–Kier alpha value is -1.55. The molecule has 1 aliphatic rings. The molecule has 0 radical (unpaired) electrons. The Morgan fingerprint density at radius 2 is 1.94 bits per heavy atom. The molecule has 94 valence electrons. The third kappa shape index (κ3) is 3.46. The zero-order valence-electron chi connectivity index (χ0n) is 10.5. The number of alkyl carbamates (subject to hydrolysis) is 1. The van der Waals surface area contributed by atoms with E-state index in [-0.39, 0.29) is 18.2 Å². The predicted octanol–water partition coefficient (Wildman–Crippen LogP) is 2.51. The lowest BCUT2D eigenvalue weighted by atomic mass is 10.0. The third-order valence-electron chi connectivity index (χ3n) is 2.39. The Balaban J connectivity index is 0.000000686. The van der Waals surface area contributed by atoms with Gasteiger partial charge in [-0.15, -0.1) is 0 Å². The van der Waals surface area contributed by atoms with Gasteiger partial charge in [-0.2, -0.15) is 0 Å². The molecule has 2 unspecified atom stereocenters. The van der Waals surface area contributed by atoms with Crippen LogP contribution >= 0.6 is 0 Å². The molecule has 4 nitrogen and oxygen atoms in total. The Bertz CT molecular complexity index is 340. The number of benzene rings is 1. The first kappa shape index (κ1) is 13.5. The van der Waals surface area contributed by atoms with Crippen LogP contribution in [0.5, 0.6) is 0 Å². The molecule has 1 fully saturated rings. The predicted molar refractivity (Wildman–Crippen MR) is 65.8 cm³/mol. The van der Waals surface area contributed by atoms with Crippen molar-refractivity contribution < 1.29 is 14.3 Å².